The van der Waals surface area contributed by atoms with E-state index in [2.05, 4.69) is 18.7 Å². The molecule has 0 aromatic carbocycles. The first-order valence-electron chi connectivity index (χ1n) is 7.77. The van der Waals surface area contributed by atoms with Crippen molar-refractivity contribution in [2.75, 3.05) is 19.6 Å². The van der Waals surface area contributed by atoms with E-state index in [4.69, 9.17) is 5.73 Å². The van der Waals surface area contributed by atoms with Gasteiger partial charge in [-0.1, -0.05) is 26.7 Å². The summed E-state index contributed by atoms with van der Waals surface area (Å²) in [6.45, 7) is 7.29. The van der Waals surface area contributed by atoms with Gasteiger partial charge in [0, 0.05) is 12.6 Å². The molecule has 0 aromatic rings. The number of nitrogens with two attached hydrogens (primary N) is 1. The summed E-state index contributed by atoms with van der Waals surface area (Å²) < 4.78 is 0. The van der Waals surface area contributed by atoms with Gasteiger partial charge in [0.1, 0.15) is 0 Å². The van der Waals surface area contributed by atoms with Gasteiger partial charge >= 0.3 is 0 Å². The summed E-state index contributed by atoms with van der Waals surface area (Å²) in [5, 5.41) is 10.1. The second kappa shape index (κ2) is 6.36. The van der Waals surface area contributed by atoms with E-state index in [1.54, 1.807) is 0 Å². The lowest BCUT2D eigenvalue weighted by Crippen LogP contribution is -2.53. The quantitative estimate of drug-likeness (QED) is 0.808. The van der Waals surface area contributed by atoms with Gasteiger partial charge in [-0.25, -0.2) is 0 Å². The molecular formula is C15H30N2O. The van der Waals surface area contributed by atoms with Crippen molar-refractivity contribution in [1.29, 1.82) is 0 Å². The van der Waals surface area contributed by atoms with Crippen LogP contribution < -0.4 is 5.73 Å². The zero-order chi connectivity index (χ0) is 13.1. The van der Waals surface area contributed by atoms with Crippen LogP contribution in [0.5, 0.6) is 0 Å². The van der Waals surface area contributed by atoms with Gasteiger partial charge in [0.15, 0.2) is 0 Å². The molecule has 0 amide bonds. The Labute approximate surface area is 112 Å². The molecule has 3 N–H and O–H groups in total. The molecule has 5 unspecified atom stereocenters. The molecule has 2 fully saturated rings. The Kier molecular flexibility index (Phi) is 5.05. The van der Waals surface area contributed by atoms with E-state index < -0.39 is 0 Å². The van der Waals surface area contributed by atoms with Gasteiger partial charge in [-0.2, -0.15) is 0 Å². The molecule has 1 saturated heterocycles. The van der Waals surface area contributed by atoms with Crippen molar-refractivity contribution in [2.24, 2.45) is 23.5 Å². The van der Waals surface area contributed by atoms with E-state index in [1.807, 2.05) is 0 Å². The highest BCUT2D eigenvalue weighted by Crippen LogP contribution is 2.35. The van der Waals surface area contributed by atoms with Crippen molar-refractivity contribution in [3.63, 3.8) is 0 Å². The predicted octanol–water partition coefficient (Wildman–Crippen LogP) is 1.84. The Hall–Kier alpha value is -0.120. The summed E-state index contributed by atoms with van der Waals surface area (Å²) in [5.41, 5.74) is 5.96. The smallest absolute Gasteiger partial charge is 0.0693 e. The highest BCUT2D eigenvalue weighted by atomic mass is 16.3. The van der Waals surface area contributed by atoms with E-state index in [1.165, 1.54) is 25.7 Å². The second-order valence-corrected chi connectivity index (χ2v) is 6.48. The van der Waals surface area contributed by atoms with Crippen LogP contribution in [0.3, 0.4) is 0 Å². The summed E-state index contributed by atoms with van der Waals surface area (Å²) in [7, 11) is 0. The SMILES string of the molecule is CCC1CCC(CN)C(N2CCC(C)C(O)C2)C1. The summed E-state index contributed by atoms with van der Waals surface area (Å²) in [5.74, 6) is 1.98. The van der Waals surface area contributed by atoms with Crippen LogP contribution in [0.25, 0.3) is 0 Å². The van der Waals surface area contributed by atoms with Gasteiger partial charge in [-0.05, 0) is 50.1 Å². The molecule has 0 aromatic heterocycles. The molecular weight excluding hydrogens is 224 g/mol. The lowest BCUT2D eigenvalue weighted by Gasteiger charge is -2.46. The monoisotopic (exact) mass is 254 g/mol. The molecule has 106 valence electrons. The van der Waals surface area contributed by atoms with Crippen molar-refractivity contribution >= 4 is 0 Å². The molecule has 0 radical (unpaired) electrons. The van der Waals surface area contributed by atoms with Crippen molar-refractivity contribution in [3.8, 4) is 0 Å². The van der Waals surface area contributed by atoms with Crippen LogP contribution in [0.1, 0.15) is 46.0 Å². The fourth-order valence-corrected chi connectivity index (χ4v) is 3.76. The minimum Gasteiger partial charge on any atom is -0.392 e. The number of rotatable bonds is 3. The Balaban J connectivity index is 1.99. The number of aliphatic hydroxyl groups is 1. The molecule has 1 heterocycles. The molecule has 18 heavy (non-hydrogen) atoms. The average Bonchev–Trinajstić information content (AvgIpc) is 2.41. The first kappa shape index (κ1) is 14.3. The number of β-amino-alcohol motifs (C(OH)–C–C–N with tert-alkyl or cyclic N) is 1. The third-order valence-electron chi connectivity index (χ3n) is 5.36. The molecule has 3 nitrogen and oxygen atoms in total. The first-order chi connectivity index (χ1) is 8.65. The van der Waals surface area contributed by atoms with E-state index in [9.17, 15) is 5.11 Å². The molecule has 3 heteroatoms. The van der Waals surface area contributed by atoms with Crippen molar-refractivity contribution < 1.29 is 5.11 Å². The Morgan fingerprint density at radius 2 is 2.06 bits per heavy atom. The maximum Gasteiger partial charge on any atom is 0.0693 e. The summed E-state index contributed by atoms with van der Waals surface area (Å²) in [4.78, 5) is 2.53. The van der Waals surface area contributed by atoms with E-state index in [0.29, 0.717) is 17.9 Å². The summed E-state index contributed by atoms with van der Waals surface area (Å²) in [6, 6.07) is 0.621. The highest BCUT2D eigenvalue weighted by molar-refractivity contribution is 4.90. The number of piperidine rings is 1. The van der Waals surface area contributed by atoms with Gasteiger partial charge in [0.2, 0.25) is 0 Å². The van der Waals surface area contributed by atoms with E-state index in [-0.39, 0.29) is 6.10 Å². The maximum absolute atomic E-state index is 10.1. The van der Waals surface area contributed by atoms with Crippen LogP contribution in [-0.4, -0.2) is 41.8 Å². The van der Waals surface area contributed by atoms with Gasteiger partial charge < -0.3 is 10.8 Å². The lowest BCUT2D eigenvalue weighted by atomic mass is 9.75. The summed E-state index contributed by atoms with van der Waals surface area (Å²) >= 11 is 0. The molecule has 0 bridgehead atoms. The van der Waals surface area contributed by atoms with Crippen LogP contribution in [0.2, 0.25) is 0 Å². The standard InChI is InChI=1S/C15H30N2O/c1-3-12-4-5-13(9-16)14(8-12)17-7-6-11(2)15(18)10-17/h11-15,18H,3-10,16H2,1-2H3. The normalized spacial score (nSPS) is 43.0. The van der Waals surface area contributed by atoms with Gasteiger partial charge in [0.05, 0.1) is 6.10 Å². The fraction of sp³-hybridized carbons (Fsp3) is 1.00. The molecule has 2 aliphatic rings. The lowest BCUT2D eigenvalue weighted by molar-refractivity contribution is -0.0179. The van der Waals surface area contributed by atoms with E-state index >= 15 is 0 Å². The van der Waals surface area contributed by atoms with Crippen molar-refractivity contribution in [2.45, 2.75) is 58.1 Å². The van der Waals surface area contributed by atoms with Gasteiger partial charge in [-0.3, -0.25) is 4.90 Å². The van der Waals surface area contributed by atoms with Crippen LogP contribution in [0.15, 0.2) is 0 Å². The zero-order valence-electron chi connectivity index (χ0n) is 12.0. The number of nitrogens with zero attached hydrogens (tertiary/aromatic N) is 1. The molecule has 1 aliphatic heterocycles. The van der Waals surface area contributed by atoms with Crippen molar-refractivity contribution in [3.05, 3.63) is 0 Å². The van der Waals surface area contributed by atoms with Crippen LogP contribution in [0.4, 0.5) is 0 Å². The molecule has 5 atom stereocenters. The molecule has 1 aliphatic carbocycles. The zero-order valence-corrected chi connectivity index (χ0v) is 12.0. The Bertz CT molecular complexity index is 259. The minimum absolute atomic E-state index is 0.140. The summed E-state index contributed by atoms with van der Waals surface area (Å²) in [6.07, 6.45) is 6.20. The maximum atomic E-state index is 10.1. The minimum atomic E-state index is -0.140. The number of hydrogen-bond donors (Lipinski definition) is 2. The van der Waals surface area contributed by atoms with E-state index in [0.717, 1.165) is 32.0 Å². The molecule has 0 spiro atoms. The van der Waals surface area contributed by atoms with Crippen LogP contribution in [-0.2, 0) is 0 Å². The first-order valence-corrected chi connectivity index (χ1v) is 7.77. The average molecular weight is 254 g/mol. The van der Waals surface area contributed by atoms with Gasteiger partial charge in [-0.15, -0.1) is 0 Å². The largest absolute Gasteiger partial charge is 0.392 e. The molecule has 2 rings (SSSR count). The third kappa shape index (κ3) is 3.06. The van der Waals surface area contributed by atoms with Crippen LogP contribution >= 0.6 is 0 Å². The predicted molar refractivity (Wildman–Crippen MR) is 75.3 cm³/mol. The van der Waals surface area contributed by atoms with Gasteiger partial charge in [0.25, 0.3) is 0 Å². The number of hydrogen-bond acceptors (Lipinski definition) is 3. The highest BCUT2D eigenvalue weighted by Gasteiger charge is 2.36. The number of aliphatic hydroxyl groups excluding tert-OH is 1. The fourth-order valence-electron chi connectivity index (χ4n) is 3.76. The van der Waals surface area contributed by atoms with Crippen LogP contribution in [0, 0.1) is 17.8 Å². The Morgan fingerprint density at radius 3 is 2.67 bits per heavy atom. The Morgan fingerprint density at radius 1 is 1.28 bits per heavy atom. The number of likely N-dealkylation sites (tertiary alicyclic amines) is 1. The van der Waals surface area contributed by atoms with Crippen molar-refractivity contribution in [1.82, 2.24) is 4.90 Å². The topological polar surface area (TPSA) is 49.5 Å². The second-order valence-electron chi connectivity index (χ2n) is 6.48. The molecule has 1 saturated carbocycles. The third-order valence-corrected chi connectivity index (χ3v) is 5.36.